The number of hydrogen-bond donors (Lipinski definition) is 1. The number of hydrogen-bond acceptors (Lipinski definition) is 3. The second-order valence-electron chi connectivity index (χ2n) is 4.33. The van der Waals surface area contributed by atoms with Crippen LogP contribution in [-0.2, 0) is 12.8 Å². The van der Waals surface area contributed by atoms with Crippen LogP contribution in [0.3, 0.4) is 0 Å². The van der Waals surface area contributed by atoms with Crippen molar-refractivity contribution in [3.63, 3.8) is 0 Å². The van der Waals surface area contributed by atoms with Gasteiger partial charge >= 0.3 is 5.97 Å². The third-order valence-corrected chi connectivity index (χ3v) is 3.05. The van der Waals surface area contributed by atoms with Crippen LogP contribution in [0.2, 0.25) is 0 Å². The van der Waals surface area contributed by atoms with Gasteiger partial charge in [0.1, 0.15) is 0 Å². The summed E-state index contributed by atoms with van der Waals surface area (Å²) in [5.74, 6) is -1.02. The highest BCUT2D eigenvalue weighted by Gasteiger charge is 2.19. The number of aromatic nitrogens is 3. The summed E-state index contributed by atoms with van der Waals surface area (Å²) in [5, 5.41) is 17.0. The van der Waals surface area contributed by atoms with E-state index in [9.17, 15) is 4.79 Å². The summed E-state index contributed by atoms with van der Waals surface area (Å²) in [4.78, 5) is 11.2. The first-order valence-corrected chi connectivity index (χ1v) is 6.45. The summed E-state index contributed by atoms with van der Waals surface area (Å²) >= 11 is 0. The van der Waals surface area contributed by atoms with Gasteiger partial charge in [-0.05, 0) is 24.5 Å². The SMILES string of the molecule is CCCc1c(C(=O)O)nnn1-c1ccccc1CC. The van der Waals surface area contributed by atoms with Crippen LogP contribution < -0.4 is 0 Å². The molecule has 0 atom stereocenters. The number of aromatic carboxylic acids is 1. The van der Waals surface area contributed by atoms with Crippen LogP contribution in [0.4, 0.5) is 0 Å². The van der Waals surface area contributed by atoms with Gasteiger partial charge in [-0.3, -0.25) is 0 Å². The Labute approximate surface area is 111 Å². The van der Waals surface area contributed by atoms with Crippen LogP contribution in [0, 0.1) is 0 Å². The van der Waals surface area contributed by atoms with Crippen LogP contribution in [0.1, 0.15) is 42.0 Å². The number of benzene rings is 1. The molecule has 0 aliphatic rings. The zero-order valence-corrected chi connectivity index (χ0v) is 11.1. The van der Waals surface area contributed by atoms with Gasteiger partial charge in [-0.25, -0.2) is 9.48 Å². The average Bonchev–Trinajstić information content (AvgIpc) is 2.83. The summed E-state index contributed by atoms with van der Waals surface area (Å²) in [6.07, 6.45) is 2.36. The van der Waals surface area contributed by atoms with E-state index in [2.05, 4.69) is 17.2 Å². The molecule has 2 aromatic rings. The second kappa shape index (κ2) is 5.65. The summed E-state index contributed by atoms with van der Waals surface area (Å²) in [5.41, 5.74) is 2.75. The Bertz CT molecular complexity index is 590. The molecule has 5 nitrogen and oxygen atoms in total. The van der Waals surface area contributed by atoms with Gasteiger partial charge in [0.2, 0.25) is 0 Å². The molecule has 100 valence electrons. The largest absolute Gasteiger partial charge is 0.476 e. The van der Waals surface area contributed by atoms with Gasteiger partial charge in [-0.2, -0.15) is 0 Å². The number of para-hydroxylation sites is 1. The van der Waals surface area contributed by atoms with E-state index in [0.717, 1.165) is 24.1 Å². The van der Waals surface area contributed by atoms with Crippen molar-refractivity contribution >= 4 is 5.97 Å². The van der Waals surface area contributed by atoms with Crippen molar-refractivity contribution < 1.29 is 9.90 Å². The van der Waals surface area contributed by atoms with Crippen molar-refractivity contribution in [1.29, 1.82) is 0 Å². The lowest BCUT2D eigenvalue weighted by Gasteiger charge is -2.10. The Hall–Kier alpha value is -2.17. The normalized spacial score (nSPS) is 10.6. The Morgan fingerprint density at radius 2 is 2.05 bits per heavy atom. The van der Waals surface area contributed by atoms with Gasteiger partial charge in [0, 0.05) is 0 Å². The standard InChI is InChI=1S/C14H17N3O2/c1-3-7-12-13(14(18)19)15-16-17(12)11-9-6-5-8-10(11)4-2/h5-6,8-9H,3-4,7H2,1-2H3,(H,18,19). The Morgan fingerprint density at radius 1 is 1.32 bits per heavy atom. The number of carboxylic acid groups (broad SMARTS) is 1. The van der Waals surface area contributed by atoms with Gasteiger partial charge in [0.05, 0.1) is 11.4 Å². The molecular formula is C14H17N3O2. The van der Waals surface area contributed by atoms with E-state index < -0.39 is 5.97 Å². The lowest BCUT2D eigenvalue weighted by molar-refractivity contribution is 0.0689. The van der Waals surface area contributed by atoms with E-state index in [-0.39, 0.29) is 5.69 Å². The molecule has 0 unspecified atom stereocenters. The highest BCUT2D eigenvalue weighted by molar-refractivity contribution is 5.86. The fourth-order valence-corrected chi connectivity index (χ4v) is 2.14. The number of nitrogens with zero attached hydrogens (tertiary/aromatic N) is 3. The predicted molar refractivity (Wildman–Crippen MR) is 71.7 cm³/mol. The van der Waals surface area contributed by atoms with E-state index in [1.807, 2.05) is 31.2 Å². The monoisotopic (exact) mass is 259 g/mol. The number of rotatable bonds is 5. The molecule has 0 aliphatic carbocycles. The van der Waals surface area contributed by atoms with Crippen LogP contribution >= 0.6 is 0 Å². The van der Waals surface area contributed by atoms with Crippen molar-refractivity contribution in [1.82, 2.24) is 15.0 Å². The second-order valence-corrected chi connectivity index (χ2v) is 4.33. The van der Waals surface area contributed by atoms with Crippen LogP contribution in [-0.4, -0.2) is 26.1 Å². The molecule has 0 saturated carbocycles. The van der Waals surface area contributed by atoms with Crippen LogP contribution in [0.25, 0.3) is 5.69 Å². The summed E-state index contributed by atoms with van der Waals surface area (Å²) < 4.78 is 1.66. The quantitative estimate of drug-likeness (QED) is 0.895. The molecule has 19 heavy (non-hydrogen) atoms. The fraction of sp³-hybridized carbons (Fsp3) is 0.357. The van der Waals surface area contributed by atoms with E-state index in [0.29, 0.717) is 12.1 Å². The zero-order chi connectivity index (χ0) is 13.8. The van der Waals surface area contributed by atoms with Crippen molar-refractivity contribution in [3.8, 4) is 5.69 Å². The van der Waals surface area contributed by atoms with Crippen LogP contribution in [0.5, 0.6) is 0 Å². The maximum atomic E-state index is 11.2. The molecule has 2 rings (SSSR count). The molecule has 5 heteroatoms. The van der Waals surface area contributed by atoms with E-state index in [1.54, 1.807) is 4.68 Å². The molecule has 0 amide bonds. The molecule has 0 spiro atoms. The molecule has 1 heterocycles. The summed E-state index contributed by atoms with van der Waals surface area (Å²) in [7, 11) is 0. The summed E-state index contributed by atoms with van der Waals surface area (Å²) in [6.45, 7) is 4.07. The molecule has 0 bridgehead atoms. The Morgan fingerprint density at radius 3 is 2.68 bits per heavy atom. The van der Waals surface area contributed by atoms with Crippen molar-refractivity contribution in [2.24, 2.45) is 0 Å². The first-order chi connectivity index (χ1) is 9.19. The van der Waals surface area contributed by atoms with E-state index in [1.165, 1.54) is 0 Å². The summed E-state index contributed by atoms with van der Waals surface area (Å²) in [6, 6.07) is 7.86. The van der Waals surface area contributed by atoms with Gasteiger partial charge in [0.15, 0.2) is 5.69 Å². The van der Waals surface area contributed by atoms with Gasteiger partial charge in [-0.1, -0.05) is 43.7 Å². The van der Waals surface area contributed by atoms with Crippen LogP contribution in [0.15, 0.2) is 24.3 Å². The third kappa shape index (κ3) is 2.50. The maximum Gasteiger partial charge on any atom is 0.358 e. The van der Waals surface area contributed by atoms with Gasteiger partial charge in [0.25, 0.3) is 0 Å². The first kappa shape index (κ1) is 13.3. The van der Waals surface area contributed by atoms with Gasteiger partial charge < -0.3 is 5.11 Å². The molecule has 0 aliphatic heterocycles. The molecule has 1 aromatic heterocycles. The fourth-order valence-electron chi connectivity index (χ4n) is 2.14. The highest BCUT2D eigenvalue weighted by atomic mass is 16.4. The smallest absolute Gasteiger partial charge is 0.358 e. The lowest BCUT2D eigenvalue weighted by Crippen LogP contribution is -2.08. The third-order valence-electron chi connectivity index (χ3n) is 3.05. The first-order valence-electron chi connectivity index (χ1n) is 6.45. The lowest BCUT2D eigenvalue weighted by atomic mass is 10.1. The van der Waals surface area contributed by atoms with Crippen molar-refractivity contribution in [2.45, 2.75) is 33.1 Å². The predicted octanol–water partition coefficient (Wildman–Crippen LogP) is 2.48. The maximum absolute atomic E-state index is 11.2. The number of carboxylic acids is 1. The molecule has 0 fully saturated rings. The van der Waals surface area contributed by atoms with E-state index in [4.69, 9.17) is 5.11 Å². The van der Waals surface area contributed by atoms with Crippen molar-refractivity contribution in [3.05, 3.63) is 41.2 Å². The minimum atomic E-state index is -1.02. The van der Waals surface area contributed by atoms with E-state index >= 15 is 0 Å². The number of carbonyl (C=O) groups is 1. The minimum Gasteiger partial charge on any atom is -0.476 e. The van der Waals surface area contributed by atoms with Crippen molar-refractivity contribution in [2.75, 3.05) is 0 Å². The zero-order valence-electron chi connectivity index (χ0n) is 11.1. The Balaban J connectivity index is 2.58. The topological polar surface area (TPSA) is 68.0 Å². The molecule has 0 saturated heterocycles. The minimum absolute atomic E-state index is 0.0488. The molecule has 1 aromatic carbocycles. The Kier molecular flexibility index (Phi) is 3.94. The molecule has 0 radical (unpaired) electrons. The van der Waals surface area contributed by atoms with Gasteiger partial charge in [-0.15, -0.1) is 5.10 Å². The molecule has 1 N–H and O–H groups in total. The average molecular weight is 259 g/mol. The molecular weight excluding hydrogens is 242 g/mol. The highest BCUT2D eigenvalue weighted by Crippen LogP contribution is 2.19. The number of aryl methyl sites for hydroxylation is 1.